The van der Waals surface area contributed by atoms with E-state index in [1.807, 2.05) is 18.0 Å². The van der Waals surface area contributed by atoms with Gasteiger partial charge in [-0.05, 0) is 30.7 Å². The molecule has 2 rings (SSSR count). The van der Waals surface area contributed by atoms with E-state index in [2.05, 4.69) is 38.8 Å². The zero-order chi connectivity index (χ0) is 12.4. The molecule has 1 aliphatic heterocycles. The van der Waals surface area contributed by atoms with Crippen LogP contribution in [-0.2, 0) is 6.54 Å². The molecular formula is C11H11BrFN3S. The Kier molecular flexibility index (Phi) is 3.83. The number of halogens is 2. The maximum Gasteiger partial charge on any atom is 0.186 e. The van der Waals surface area contributed by atoms with Crippen LogP contribution in [0.25, 0.3) is 0 Å². The lowest BCUT2D eigenvalue weighted by Crippen LogP contribution is -2.26. The quantitative estimate of drug-likeness (QED) is 0.823. The Morgan fingerprint density at radius 3 is 3.06 bits per heavy atom. The van der Waals surface area contributed by atoms with Crippen LogP contribution in [0.4, 0.5) is 4.39 Å². The fourth-order valence-electron chi connectivity index (χ4n) is 1.53. The minimum atomic E-state index is -0.325. The van der Waals surface area contributed by atoms with Gasteiger partial charge in [0.1, 0.15) is 5.82 Å². The average molecular weight is 316 g/mol. The molecule has 1 aliphatic rings. The first kappa shape index (κ1) is 12.6. The van der Waals surface area contributed by atoms with E-state index >= 15 is 0 Å². The fourth-order valence-corrected chi connectivity index (χ4v) is 2.10. The highest BCUT2D eigenvalue weighted by Crippen LogP contribution is 2.24. The highest BCUT2D eigenvalue weighted by molar-refractivity contribution is 9.10. The van der Waals surface area contributed by atoms with Crippen molar-refractivity contribution in [2.45, 2.75) is 19.0 Å². The van der Waals surface area contributed by atoms with E-state index in [9.17, 15) is 4.39 Å². The SMILES string of the molecule is CC1=CN(Cc2cc(F)ccc2Br)C(S)N=N1. The van der Waals surface area contributed by atoms with Crippen LogP contribution in [0.15, 0.2) is 44.8 Å². The summed E-state index contributed by atoms with van der Waals surface area (Å²) in [5, 5.41) is 7.90. The lowest BCUT2D eigenvalue weighted by Gasteiger charge is -2.26. The third-order valence-corrected chi connectivity index (χ3v) is 3.50. The van der Waals surface area contributed by atoms with Crippen molar-refractivity contribution >= 4 is 28.6 Å². The van der Waals surface area contributed by atoms with Crippen LogP contribution >= 0.6 is 28.6 Å². The molecule has 3 nitrogen and oxygen atoms in total. The average Bonchev–Trinajstić information content (AvgIpc) is 2.28. The molecule has 0 saturated heterocycles. The molecule has 1 unspecified atom stereocenters. The second kappa shape index (κ2) is 5.18. The van der Waals surface area contributed by atoms with Crippen molar-refractivity contribution in [2.24, 2.45) is 10.2 Å². The lowest BCUT2D eigenvalue weighted by atomic mass is 10.2. The Hall–Kier alpha value is -0.880. The molecule has 1 heterocycles. The molecule has 17 heavy (non-hydrogen) atoms. The topological polar surface area (TPSA) is 28.0 Å². The normalized spacial score (nSPS) is 19.4. The molecule has 0 spiro atoms. The number of nitrogens with zero attached hydrogens (tertiary/aromatic N) is 3. The van der Waals surface area contributed by atoms with E-state index in [4.69, 9.17) is 0 Å². The van der Waals surface area contributed by atoms with Gasteiger partial charge in [-0.25, -0.2) is 4.39 Å². The zero-order valence-corrected chi connectivity index (χ0v) is 11.6. The summed E-state index contributed by atoms with van der Waals surface area (Å²) in [6, 6.07) is 4.61. The molecule has 0 fully saturated rings. The predicted octanol–water partition coefficient (Wildman–Crippen LogP) is 3.93. The minimum absolute atomic E-state index is 0.252. The van der Waals surface area contributed by atoms with Crippen LogP contribution < -0.4 is 0 Å². The van der Waals surface area contributed by atoms with Gasteiger partial charge < -0.3 is 4.90 Å². The van der Waals surface area contributed by atoms with Crippen molar-refractivity contribution in [3.05, 3.63) is 45.9 Å². The molecule has 6 heteroatoms. The lowest BCUT2D eigenvalue weighted by molar-refractivity contribution is 0.331. The van der Waals surface area contributed by atoms with Gasteiger partial charge in [0.15, 0.2) is 5.50 Å². The third-order valence-electron chi connectivity index (χ3n) is 2.33. The van der Waals surface area contributed by atoms with E-state index in [0.29, 0.717) is 6.54 Å². The van der Waals surface area contributed by atoms with Crippen molar-refractivity contribution in [3.8, 4) is 0 Å². The summed E-state index contributed by atoms with van der Waals surface area (Å²) in [7, 11) is 0. The highest BCUT2D eigenvalue weighted by Gasteiger charge is 2.16. The maximum atomic E-state index is 13.2. The van der Waals surface area contributed by atoms with Gasteiger partial charge in [0, 0.05) is 17.2 Å². The maximum absolute atomic E-state index is 13.2. The van der Waals surface area contributed by atoms with Crippen molar-refractivity contribution in [3.63, 3.8) is 0 Å². The van der Waals surface area contributed by atoms with Crippen molar-refractivity contribution in [1.82, 2.24) is 4.90 Å². The van der Waals surface area contributed by atoms with E-state index in [-0.39, 0.29) is 11.3 Å². The van der Waals surface area contributed by atoms with E-state index < -0.39 is 0 Å². The van der Waals surface area contributed by atoms with Crippen LogP contribution in [0, 0.1) is 5.82 Å². The Morgan fingerprint density at radius 2 is 2.29 bits per heavy atom. The summed E-state index contributed by atoms with van der Waals surface area (Å²) >= 11 is 7.70. The molecule has 0 N–H and O–H groups in total. The molecular weight excluding hydrogens is 305 g/mol. The summed E-state index contributed by atoms with van der Waals surface area (Å²) in [4.78, 5) is 1.89. The summed E-state index contributed by atoms with van der Waals surface area (Å²) in [5.74, 6) is -0.252. The second-order valence-electron chi connectivity index (χ2n) is 3.74. The molecule has 0 saturated carbocycles. The molecule has 1 aromatic rings. The van der Waals surface area contributed by atoms with Gasteiger partial charge in [-0.15, -0.1) is 12.6 Å². The van der Waals surface area contributed by atoms with Crippen molar-refractivity contribution in [2.75, 3.05) is 0 Å². The molecule has 0 aliphatic carbocycles. The smallest absolute Gasteiger partial charge is 0.186 e. The third kappa shape index (κ3) is 3.07. The number of thiol groups is 1. The standard InChI is InChI=1S/C11H11BrFN3S/c1-7-5-16(11(17)15-14-7)6-8-4-9(13)2-3-10(8)12/h2-5,11,17H,6H2,1H3. The highest BCUT2D eigenvalue weighted by atomic mass is 79.9. The van der Waals surface area contributed by atoms with E-state index in [1.165, 1.54) is 12.1 Å². The number of rotatable bonds is 2. The molecule has 90 valence electrons. The van der Waals surface area contributed by atoms with E-state index in [0.717, 1.165) is 15.7 Å². The first-order valence-corrected chi connectivity index (χ1v) is 6.34. The summed E-state index contributed by atoms with van der Waals surface area (Å²) < 4.78 is 14.0. The molecule has 0 radical (unpaired) electrons. The summed E-state index contributed by atoms with van der Waals surface area (Å²) in [6.07, 6.45) is 1.86. The first-order valence-electron chi connectivity index (χ1n) is 5.03. The van der Waals surface area contributed by atoms with Gasteiger partial charge in [0.05, 0.1) is 5.70 Å². The monoisotopic (exact) mass is 315 g/mol. The Labute approximate surface area is 113 Å². The molecule has 0 aromatic heterocycles. The first-order chi connectivity index (χ1) is 8.06. The number of allylic oxidation sites excluding steroid dienone is 1. The van der Waals surface area contributed by atoms with E-state index in [1.54, 1.807) is 6.07 Å². The van der Waals surface area contributed by atoms with Crippen molar-refractivity contribution in [1.29, 1.82) is 0 Å². The summed E-state index contributed by atoms with van der Waals surface area (Å²) in [5.41, 5.74) is 1.34. The largest absolute Gasteiger partial charge is 0.340 e. The van der Waals surface area contributed by atoms with Gasteiger partial charge in [0.2, 0.25) is 0 Å². The van der Waals surface area contributed by atoms with Crippen LogP contribution in [0.5, 0.6) is 0 Å². The van der Waals surface area contributed by atoms with Gasteiger partial charge in [-0.1, -0.05) is 15.9 Å². The van der Waals surface area contributed by atoms with Crippen LogP contribution in [-0.4, -0.2) is 10.4 Å². The summed E-state index contributed by atoms with van der Waals surface area (Å²) in [6.45, 7) is 2.39. The van der Waals surface area contributed by atoms with Gasteiger partial charge in [-0.2, -0.15) is 10.2 Å². The molecule has 0 bridgehead atoms. The number of hydrogen-bond donors (Lipinski definition) is 1. The molecule has 0 amide bonds. The second-order valence-corrected chi connectivity index (χ2v) is 5.06. The number of benzene rings is 1. The molecule has 1 aromatic carbocycles. The van der Waals surface area contributed by atoms with Gasteiger partial charge in [0.25, 0.3) is 0 Å². The van der Waals surface area contributed by atoms with Crippen LogP contribution in [0.2, 0.25) is 0 Å². The van der Waals surface area contributed by atoms with Gasteiger partial charge >= 0.3 is 0 Å². The predicted molar refractivity (Wildman–Crippen MR) is 71.0 cm³/mol. The zero-order valence-electron chi connectivity index (χ0n) is 9.14. The van der Waals surface area contributed by atoms with Crippen molar-refractivity contribution < 1.29 is 4.39 Å². The van der Waals surface area contributed by atoms with Crippen LogP contribution in [0.1, 0.15) is 12.5 Å². The Balaban J connectivity index is 2.21. The van der Waals surface area contributed by atoms with Crippen LogP contribution in [0.3, 0.4) is 0 Å². The number of azo groups is 1. The Bertz CT molecular complexity index is 490. The number of hydrogen-bond acceptors (Lipinski definition) is 4. The minimum Gasteiger partial charge on any atom is -0.340 e. The molecule has 1 atom stereocenters. The Morgan fingerprint density at radius 1 is 1.53 bits per heavy atom. The fraction of sp³-hybridized carbons (Fsp3) is 0.273. The van der Waals surface area contributed by atoms with Gasteiger partial charge in [-0.3, -0.25) is 0 Å².